The summed E-state index contributed by atoms with van der Waals surface area (Å²) in [6.07, 6.45) is 5.66. The van der Waals surface area contributed by atoms with Crippen LogP contribution in [0.1, 0.15) is 30.7 Å². The second kappa shape index (κ2) is 9.76. The van der Waals surface area contributed by atoms with Gasteiger partial charge in [0.2, 0.25) is 5.91 Å². The van der Waals surface area contributed by atoms with Gasteiger partial charge in [-0.25, -0.2) is 4.39 Å². The minimum atomic E-state index is -0.391. The van der Waals surface area contributed by atoms with Crippen LogP contribution in [0.5, 0.6) is 0 Å². The summed E-state index contributed by atoms with van der Waals surface area (Å²) in [6, 6.07) is 12.5. The maximum atomic E-state index is 14.7. The molecule has 0 radical (unpaired) electrons. The third-order valence-corrected chi connectivity index (χ3v) is 6.70. The lowest BCUT2D eigenvalue weighted by Crippen LogP contribution is -2.15. The smallest absolute Gasteiger partial charge is 0.234 e. The zero-order chi connectivity index (χ0) is 23.5. The van der Waals surface area contributed by atoms with Crippen LogP contribution in [0.3, 0.4) is 0 Å². The van der Waals surface area contributed by atoms with E-state index < -0.39 is 5.82 Å². The van der Waals surface area contributed by atoms with E-state index in [4.69, 9.17) is 0 Å². The summed E-state index contributed by atoms with van der Waals surface area (Å²) in [5.41, 5.74) is 2.93. The Labute approximate surface area is 200 Å². The van der Waals surface area contributed by atoms with Crippen LogP contribution in [-0.4, -0.2) is 41.2 Å². The maximum Gasteiger partial charge on any atom is 0.234 e. The monoisotopic (exact) mass is 477 g/mol. The average molecular weight is 478 g/mol. The number of halogens is 1. The fourth-order valence-corrected chi connectivity index (χ4v) is 4.72. The summed E-state index contributed by atoms with van der Waals surface area (Å²) in [4.78, 5) is 12.6. The Morgan fingerprint density at radius 1 is 1.09 bits per heavy atom. The van der Waals surface area contributed by atoms with E-state index in [1.807, 2.05) is 40.3 Å². The summed E-state index contributed by atoms with van der Waals surface area (Å²) >= 11 is 1.28. The largest absolute Gasteiger partial charge is 0.325 e. The van der Waals surface area contributed by atoms with Crippen LogP contribution in [-0.2, 0) is 17.8 Å². The summed E-state index contributed by atoms with van der Waals surface area (Å²) in [6.45, 7) is 2.79. The van der Waals surface area contributed by atoms with Gasteiger partial charge in [0.1, 0.15) is 18.0 Å². The predicted octanol–water partition coefficient (Wildman–Crippen LogP) is 4.43. The molecule has 2 aromatic carbocycles. The Bertz CT molecular complexity index is 1320. The fraction of sp³-hybridized carbons (Fsp3) is 0.292. The number of carbonyl (C=O) groups excluding carboxylic acids is 1. The fourth-order valence-electron chi connectivity index (χ4n) is 3.99. The molecule has 1 amide bonds. The van der Waals surface area contributed by atoms with Crippen molar-refractivity contribution in [3.05, 3.63) is 66.0 Å². The normalized spacial score (nSPS) is 13.4. The van der Waals surface area contributed by atoms with Gasteiger partial charge in [-0.05, 0) is 50.1 Å². The number of hydrogen-bond donors (Lipinski definition) is 1. The zero-order valence-electron chi connectivity index (χ0n) is 18.7. The van der Waals surface area contributed by atoms with Crippen molar-refractivity contribution < 1.29 is 9.18 Å². The number of hydrogen-bond acceptors (Lipinski definition) is 6. The highest BCUT2D eigenvalue weighted by atomic mass is 32.2. The van der Waals surface area contributed by atoms with E-state index in [0.29, 0.717) is 22.2 Å². The zero-order valence-corrected chi connectivity index (χ0v) is 19.6. The number of aromatic nitrogens is 6. The number of carbonyl (C=O) groups is 1. The Morgan fingerprint density at radius 3 is 2.79 bits per heavy atom. The molecule has 0 unspecified atom stereocenters. The molecule has 0 spiro atoms. The summed E-state index contributed by atoms with van der Waals surface area (Å²) in [5.74, 6) is 0.915. The molecule has 0 saturated carbocycles. The lowest BCUT2D eigenvalue weighted by Gasteiger charge is -2.11. The topological polar surface area (TPSA) is 90.5 Å². The van der Waals surface area contributed by atoms with E-state index >= 15 is 0 Å². The highest BCUT2D eigenvalue weighted by Crippen LogP contribution is 2.28. The number of nitrogens with zero attached hydrogens (tertiary/aromatic N) is 6. The molecule has 34 heavy (non-hydrogen) atoms. The molecule has 0 aliphatic carbocycles. The summed E-state index contributed by atoms with van der Waals surface area (Å²) < 4.78 is 18.5. The number of anilines is 1. The van der Waals surface area contributed by atoms with Crippen molar-refractivity contribution in [2.75, 3.05) is 11.1 Å². The molecule has 0 bridgehead atoms. The average Bonchev–Trinajstić information content (AvgIpc) is 3.40. The van der Waals surface area contributed by atoms with Gasteiger partial charge in [0.05, 0.1) is 11.3 Å². The van der Waals surface area contributed by atoms with Crippen LogP contribution in [0.25, 0.3) is 17.1 Å². The Morgan fingerprint density at radius 2 is 1.94 bits per heavy atom. The minimum Gasteiger partial charge on any atom is -0.325 e. The van der Waals surface area contributed by atoms with E-state index in [1.54, 1.807) is 18.5 Å². The van der Waals surface area contributed by atoms with Crippen LogP contribution < -0.4 is 5.32 Å². The van der Waals surface area contributed by atoms with Gasteiger partial charge in [-0.3, -0.25) is 9.36 Å². The van der Waals surface area contributed by atoms with Crippen molar-refractivity contribution in [1.29, 1.82) is 0 Å². The van der Waals surface area contributed by atoms with E-state index in [9.17, 15) is 9.18 Å². The van der Waals surface area contributed by atoms with Crippen molar-refractivity contribution in [2.45, 2.75) is 44.3 Å². The SMILES string of the molecule is Cc1ccc(-n2cnnc2SCC(=O)Nc2ccc(F)c(-c3nnc4n3CCCCC4)c2)cc1. The quantitative estimate of drug-likeness (QED) is 0.413. The van der Waals surface area contributed by atoms with Gasteiger partial charge >= 0.3 is 0 Å². The first kappa shape index (κ1) is 22.3. The molecule has 1 aliphatic heterocycles. The first-order valence-corrected chi connectivity index (χ1v) is 12.2. The van der Waals surface area contributed by atoms with Gasteiger partial charge in [0, 0.05) is 24.3 Å². The van der Waals surface area contributed by atoms with E-state index in [0.717, 1.165) is 49.3 Å². The van der Waals surface area contributed by atoms with Gasteiger partial charge in [-0.15, -0.1) is 20.4 Å². The molecule has 10 heteroatoms. The van der Waals surface area contributed by atoms with Crippen LogP contribution in [0, 0.1) is 12.7 Å². The molecule has 4 aromatic rings. The number of amides is 1. The third-order valence-electron chi connectivity index (χ3n) is 5.76. The number of nitrogens with one attached hydrogen (secondary N) is 1. The van der Waals surface area contributed by atoms with Crippen LogP contribution >= 0.6 is 11.8 Å². The molecule has 1 N–H and O–H groups in total. The Balaban J connectivity index is 1.28. The van der Waals surface area contributed by atoms with Crippen molar-refractivity contribution in [3.63, 3.8) is 0 Å². The standard InChI is InChI=1S/C24H24FN7OS/c1-16-6-9-18(10-7-16)32-15-26-30-24(32)34-14-22(33)27-17-8-11-20(25)19(13-17)23-29-28-21-5-3-2-4-12-31(21)23/h6-11,13,15H,2-5,12,14H2,1H3,(H,27,33). The molecule has 0 fully saturated rings. The molecule has 0 atom stereocenters. The highest BCUT2D eigenvalue weighted by molar-refractivity contribution is 7.99. The van der Waals surface area contributed by atoms with Crippen LogP contribution in [0.4, 0.5) is 10.1 Å². The molecule has 0 saturated heterocycles. The lowest BCUT2D eigenvalue weighted by molar-refractivity contribution is -0.113. The number of aryl methyl sites for hydroxylation is 2. The molecule has 8 nitrogen and oxygen atoms in total. The van der Waals surface area contributed by atoms with Gasteiger partial charge < -0.3 is 9.88 Å². The molecular weight excluding hydrogens is 453 g/mol. The third kappa shape index (κ3) is 4.72. The summed E-state index contributed by atoms with van der Waals surface area (Å²) in [5, 5.41) is 20.1. The molecule has 5 rings (SSSR count). The molecule has 1 aliphatic rings. The van der Waals surface area contributed by atoms with Crippen molar-refractivity contribution in [1.82, 2.24) is 29.5 Å². The van der Waals surface area contributed by atoms with Crippen molar-refractivity contribution in [2.24, 2.45) is 0 Å². The van der Waals surface area contributed by atoms with E-state index in [2.05, 4.69) is 25.7 Å². The number of thioether (sulfide) groups is 1. The first-order chi connectivity index (χ1) is 16.6. The highest BCUT2D eigenvalue weighted by Gasteiger charge is 2.19. The predicted molar refractivity (Wildman–Crippen MR) is 128 cm³/mol. The molecule has 3 heterocycles. The van der Waals surface area contributed by atoms with Crippen LogP contribution in [0.15, 0.2) is 53.9 Å². The van der Waals surface area contributed by atoms with Crippen molar-refractivity contribution >= 4 is 23.4 Å². The maximum absolute atomic E-state index is 14.7. The minimum absolute atomic E-state index is 0.137. The second-order valence-corrected chi connectivity index (χ2v) is 9.20. The van der Waals surface area contributed by atoms with Crippen LogP contribution in [0.2, 0.25) is 0 Å². The summed E-state index contributed by atoms with van der Waals surface area (Å²) in [7, 11) is 0. The lowest BCUT2D eigenvalue weighted by atomic mass is 10.1. The van der Waals surface area contributed by atoms with Gasteiger partial charge in [0.25, 0.3) is 0 Å². The number of rotatable bonds is 6. The van der Waals surface area contributed by atoms with Gasteiger partial charge in [-0.1, -0.05) is 35.9 Å². The molecular formula is C24H24FN7OS. The molecule has 2 aromatic heterocycles. The van der Waals surface area contributed by atoms with Gasteiger partial charge in [0.15, 0.2) is 11.0 Å². The molecule has 174 valence electrons. The Kier molecular flexibility index (Phi) is 6.39. The number of fused-ring (bicyclic) bond motifs is 1. The number of benzene rings is 2. The second-order valence-electron chi connectivity index (χ2n) is 8.25. The Hall–Kier alpha value is -3.53. The van der Waals surface area contributed by atoms with E-state index in [1.165, 1.54) is 17.8 Å². The first-order valence-electron chi connectivity index (χ1n) is 11.2. The van der Waals surface area contributed by atoms with Crippen molar-refractivity contribution in [3.8, 4) is 17.1 Å². The van der Waals surface area contributed by atoms with Gasteiger partial charge in [-0.2, -0.15) is 0 Å². The van der Waals surface area contributed by atoms with E-state index in [-0.39, 0.29) is 11.7 Å².